The summed E-state index contributed by atoms with van der Waals surface area (Å²) in [6.45, 7) is 3.95. The van der Waals surface area contributed by atoms with Crippen molar-refractivity contribution in [3.63, 3.8) is 0 Å². The molecule has 0 spiro atoms. The molecule has 1 N–H and O–H groups in total. The molecule has 108 valence electrons. The molecule has 0 unspecified atom stereocenters. The van der Waals surface area contributed by atoms with E-state index in [9.17, 15) is 13.2 Å². The molecule has 0 aliphatic heterocycles. The Bertz CT molecular complexity index is 578. The zero-order valence-corrected chi connectivity index (χ0v) is 12.8. The molecular formula is C11H17ClN2O4S. The lowest BCUT2D eigenvalue weighted by atomic mass is 10.1. The van der Waals surface area contributed by atoms with Crippen molar-refractivity contribution >= 4 is 25.6 Å². The van der Waals surface area contributed by atoms with Gasteiger partial charge in [-0.2, -0.15) is 0 Å². The molecule has 0 fully saturated rings. The highest BCUT2D eigenvalue weighted by atomic mass is 35.7. The zero-order valence-electron chi connectivity index (χ0n) is 11.2. The lowest BCUT2D eigenvalue weighted by Gasteiger charge is -2.23. The largest absolute Gasteiger partial charge is 0.377 e. The third-order valence-electron chi connectivity index (χ3n) is 2.72. The number of carbonyl (C=O) groups excluding carboxylic acids is 1. The number of carbonyl (C=O) groups is 1. The summed E-state index contributed by atoms with van der Waals surface area (Å²) in [4.78, 5) is 11.8. The molecule has 0 atom stereocenters. The van der Waals surface area contributed by atoms with Crippen molar-refractivity contribution in [1.82, 2.24) is 9.88 Å². The standard InChI is InChI=1S/C11H17ClN2O4S/c1-11(2,18-4)7-13-10(15)9-5-8(6-14(9)3)19(12,16)17/h5-6H,7H2,1-4H3,(H,13,15). The Balaban J connectivity index is 2.87. The first-order chi connectivity index (χ1) is 8.57. The van der Waals surface area contributed by atoms with Crippen LogP contribution < -0.4 is 5.32 Å². The van der Waals surface area contributed by atoms with Gasteiger partial charge < -0.3 is 14.6 Å². The van der Waals surface area contributed by atoms with E-state index in [-0.39, 0.29) is 16.5 Å². The molecule has 1 rings (SSSR count). The van der Waals surface area contributed by atoms with Gasteiger partial charge >= 0.3 is 0 Å². The third-order valence-corrected chi connectivity index (χ3v) is 4.04. The van der Waals surface area contributed by atoms with Crippen molar-refractivity contribution in [3.8, 4) is 0 Å². The Morgan fingerprint density at radius 2 is 2.11 bits per heavy atom. The summed E-state index contributed by atoms with van der Waals surface area (Å²) in [5.74, 6) is -0.390. The third kappa shape index (κ3) is 4.22. The molecule has 0 aliphatic carbocycles. The summed E-state index contributed by atoms with van der Waals surface area (Å²) in [6, 6.07) is 1.23. The van der Waals surface area contributed by atoms with Crippen molar-refractivity contribution in [2.24, 2.45) is 7.05 Å². The molecule has 19 heavy (non-hydrogen) atoms. The van der Waals surface area contributed by atoms with E-state index in [4.69, 9.17) is 15.4 Å². The summed E-state index contributed by atoms with van der Waals surface area (Å²) in [6.07, 6.45) is 1.29. The van der Waals surface area contributed by atoms with Gasteiger partial charge in [0.2, 0.25) is 0 Å². The van der Waals surface area contributed by atoms with Crippen LogP contribution in [0.3, 0.4) is 0 Å². The van der Waals surface area contributed by atoms with Gasteiger partial charge in [-0.1, -0.05) is 0 Å². The Morgan fingerprint density at radius 1 is 1.53 bits per heavy atom. The molecule has 0 aliphatic rings. The fourth-order valence-electron chi connectivity index (χ4n) is 1.35. The average Bonchev–Trinajstić information content (AvgIpc) is 2.68. The van der Waals surface area contributed by atoms with E-state index in [2.05, 4.69) is 5.32 Å². The van der Waals surface area contributed by atoms with Crippen LogP contribution in [0.1, 0.15) is 24.3 Å². The molecule has 0 bridgehead atoms. The number of nitrogens with zero attached hydrogens (tertiary/aromatic N) is 1. The number of amides is 1. The van der Waals surface area contributed by atoms with Crippen LogP contribution in [0.2, 0.25) is 0 Å². The van der Waals surface area contributed by atoms with Gasteiger partial charge in [-0.15, -0.1) is 0 Å². The van der Waals surface area contributed by atoms with E-state index in [1.165, 1.54) is 16.8 Å². The zero-order chi connectivity index (χ0) is 14.8. The van der Waals surface area contributed by atoms with Gasteiger partial charge in [0.15, 0.2) is 0 Å². The van der Waals surface area contributed by atoms with Gasteiger partial charge in [-0.25, -0.2) is 8.42 Å². The molecule has 6 nitrogen and oxygen atoms in total. The number of hydrogen-bond donors (Lipinski definition) is 1. The molecule has 0 aromatic carbocycles. The summed E-state index contributed by atoms with van der Waals surface area (Å²) in [5, 5.41) is 2.67. The van der Waals surface area contributed by atoms with Crippen molar-refractivity contribution in [2.75, 3.05) is 13.7 Å². The Kier molecular flexibility index (Phi) is 4.65. The van der Waals surface area contributed by atoms with Gasteiger partial charge in [0.1, 0.15) is 10.6 Å². The molecule has 1 aromatic heterocycles. The number of methoxy groups -OCH3 is 1. The van der Waals surface area contributed by atoms with E-state index in [0.29, 0.717) is 6.54 Å². The summed E-state index contributed by atoms with van der Waals surface area (Å²) >= 11 is 0. The van der Waals surface area contributed by atoms with E-state index in [1.807, 2.05) is 13.8 Å². The Hall–Kier alpha value is -1.05. The predicted octanol–water partition coefficient (Wildman–Crippen LogP) is 1.11. The van der Waals surface area contributed by atoms with Crippen LogP contribution in [0.4, 0.5) is 0 Å². The SMILES string of the molecule is COC(C)(C)CNC(=O)c1cc(S(=O)(=O)Cl)cn1C. The second-order valence-electron chi connectivity index (χ2n) is 4.76. The first-order valence-electron chi connectivity index (χ1n) is 5.51. The molecule has 1 amide bonds. The lowest BCUT2D eigenvalue weighted by molar-refractivity contribution is 0.0228. The Labute approximate surface area is 117 Å². The molecule has 8 heteroatoms. The van der Waals surface area contributed by atoms with Crippen LogP contribution >= 0.6 is 10.7 Å². The fraction of sp³-hybridized carbons (Fsp3) is 0.545. The predicted molar refractivity (Wildman–Crippen MR) is 71.9 cm³/mol. The maximum Gasteiger partial charge on any atom is 0.268 e. The van der Waals surface area contributed by atoms with Gasteiger partial charge in [-0.05, 0) is 19.9 Å². The van der Waals surface area contributed by atoms with E-state index in [1.54, 1.807) is 14.2 Å². The van der Waals surface area contributed by atoms with Gasteiger partial charge in [0, 0.05) is 37.6 Å². The minimum Gasteiger partial charge on any atom is -0.377 e. The second kappa shape index (κ2) is 5.52. The number of ether oxygens (including phenoxy) is 1. The lowest BCUT2D eigenvalue weighted by Crippen LogP contribution is -2.40. The van der Waals surface area contributed by atoms with Crippen molar-refractivity contribution in [3.05, 3.63) is 18.0 Å². The van der Waals surface area contributed by atoms with Crippen molar-refractivity contribution in [1.29, 1.82) is 0 Å². The maximum atomic E-state index is 11.9. The number of hydrogen-bond acceptors (Lipinski definition) is 4. The van der Waals surface area contributed by atoms with Gasteiger partial charge in [-0.3, -0.25) is 4.79 Å². The topological polar surface area (TPSA) is 77.4 Å². The smallest absolute Gasteiger partial charge is 0.268 e. The maximum absolute atomic E-state index is 11.9. The molecular weight excluding hydrogens is 292 g/mol. The van der Waals surface area contributed by atoms with Crippen LogP contribution in [0.25, 0.3) is 0 Å². The summed E-state index contributed by atoms with van der Waals surface area (Å²) < 4.78 is 29.0. The molecule has 0 saturated heterocycles. The highest BCUT2D eigenvalue weighted by Gasteiger charge is 2.21. The first-order valence-corrected chi connectivity index (χ1v) is 7.82. The minimum absolute atomic E-state index is 0.104. The van der Waals surface area contributed by atoms with Crippen LogP contribution in [-0.4, -0.2) is 38.1 Å². The number of nitrogens with one attached hydrogen (secondary N) is 1. The normalized spacial score (nSPS) is 12.5. The fourth-order valence-corrected chi connectivity index (χ4v) is 2.14. The van der Waals surface area contributed by atoms with E-state index < -0.39 is 14.7 Å². The average molecular weight is 309 g/mol. The molecule has 0 saturated carbocycles. The van der Waals surface area contributed by atoms with E-state index >= 15 is 0 Å². The monoisotopic (exact) mass is 308 g/mol. The number of halogens is 1. The summed E-state index contributed by atoms with van der Waals surface area (Å²) in [7, 11) is 4.51. The second-order valence-corrected chi connectivity index (χ2v) is 7.32. The first kappa shape index (κ1) is 16.0. The van der Waals surface area contributed by atoms with Crippen LogP contribution in [-0.2, 0) is 20.8 Å². The van der Waals surface area contributed by atoms with Gasteiger partial charge in [0.25, 0.3) is 15.0 Å². The van der Waals surface area contributed by atoms with Crippen LogP contribution in [0.15, 0.2) is 17.2 Å². The number of aromatic nitrogens is 1. The number of aryl methyl sites for hydroxylation is 1. The van der Waals surface area contributed by atoms with Crippen LogP contribution in [0, 0.1) is 0 Å². The number of rotatable bonds is 5. The van der Waals surface area contributed by atoms with Gasteiger partial charge in [0.05, 0.1) is 5.60 Å². The van der Waals surface area contributed by atoms with Crippen LogP contribution in [0.5, 0.6) is 0 Å². The van der Waals surface area contributed by atoms with E-state index in [0.717, 1.165) is 0 Å². The van der Waals surface area contributed by atoms with Crippen molar-refractivity contribution in [2.45, 2.75) is 24.3 Å². The Morgan fingerprint density at radius 3 is 2.53 bits per heavy atom. The molecule has 1 aromatic rings. The highest BCUT2D eigenvalue weighted by molar-refractivity contribution is 8.13. The quantitative estimate of drug-likeness (QED) is 0.827. The highest BCUT2D eigenvalue weighted by Crippen LogP contribution is 2.17. The summed E-state index contributed by atoms with van der Waals surface area (Å²) in [5.41, 5.74) is -0.284. The minimum atomic E-state index is -3.84. The molecule has 0 radical (unpaired) electrons. The van der Waals surface area contributed by atoms with Crippen molar-refractivity contribution < 1.29 is 17.9 Å². The molecule has 1 heterocycles.